The third-order valence-electron chi connectivity index (χ3n) is 3.44. The van der Waals surface area contributed by atoms with Crippen molar-refractivity contribution in [2.24, 2.45) is 0 Å². The van der Waals surface area contributed by atoms with Crippen molar-refractivity contribution in [3.8, 4) is 0 Å². The minimum atomic E-state index is -0.441. The summed E-state index contributed by atoms with van der Waals surface area (Å²) in [6.45, 7) is 0.418. The molecule has 2 aromatic carbocycles. The molecule has 0 fully saturated rings. The lowest BCUT2D eigenvalue weighted by Crippen LogP contribution is -2.19. The molecule has 0 aliphatic rings. The maximum absolute atomic E-state index is 12.1. The van der Waals surface area contributed by atoms with Gasteiger partial charge in [-0.05, 0) is 29.8 Å². The molecule has 0 atom stereocenters. The van der Waals surface area contributed by atoms with Gasteiger partial charge >= 0.3 is 0 Å². The zero-order valence-electron chi connectivity index (χ0n) is 11.4. The summed E-state index contributed by atoms with van der Waals surface area (Å²) in [4.78, 5) is 22.6. The molecule has 0 saturated carbocycles. The zero-order chi connectivity index (χ0) is 15.7. The molecule has 5 nitrogen and oxygen atoms in total. The predicted molar refractivity (Wildman–Crippen MR) is 88.1 cm³/mol. The van der Waals surface area contributed by atoms with Gasteiger partial charge in [0.25, 0.3) is 11.2 Å². The number of pyridine rings is 1. The molecule has 1 aromatic heterocycles. The predicted octanol–water partition coefficient (Wildman–Crippen LogP) is 3.72. The van der Waals surface area contributed by atoms with Gasteiger partial charge in [0.15, 0.2) is 0 Å². The Morgan fingerprint density at radius 1 is 1.05 bits per heavy atom. The lowest BCUT2D eigenvalue weighted by atomic mass is 10.1. The standard InChI is InChI=1S/C16H11BrN2O3/c17-13-4-1-11(2-5-13)10-18-15-7-6-14(19(21)22)9-12(15)3-8-16(18)20/h1-9H,10H2. The topological polar surface area (TPSA) is 65.1 Å². The Morgan fingerprint density at radius 3 is 2.45 bits per heavy atom. The monoisotopic (exact) mass is 358 g/mol. The van der Waals surface area contributed by atoms with Crippen molar-refractivity contribution in [2.75, 3.05) is 0 Å². The normalized spacial score (nSPS) is 10.8. The first-order chi connectivity index (χ1) is 10.5. The van der Waals surface area contributed by atoms with E-state index in [2.05, 4.69) is 15.9 Å². The Morgan fingerprint density at radius 2 is 1.77 bits per heavy atom. The van der Waals surface area contributed by atoms with E-state index in [1.807, 2.05) is 24.3 Å². The average Bonchev–Trinajstić information content (AvgIpc) is 2.51. The summed E-state index contributed by atoms with van der Waals surface area (Å²) in [5.74, 6) is 0. The Balaban J connectivity index is 2.11. The molecule has 22 heavy (non-hydrogen) atoms. The van der Waals surface area contributed by atoms with Gasteiger partial charge in [-0.25, -0.2) is 0 Å². The van der Waals surface area contributed by atoms with Crippen LogP contribution in [-0.4, -0.2) is 9.49 Å². The van der Waals surface area contributed by atoms with Crippen molar-refractivity contribution in [3.63, 3.8) is 0 Å². The molecule has 0 bridgehead atoms. The first-order valence-electron chi connectivity index (χ1n) is 6.57. The molecule has 0 aliphatic carbocycles. The molecule has 3 aromatic rings. The number of non-ortho nitro benzene ring substituents is 1. The van der Waals surface area contributed by atoms with Crippen LogP contribution in [0, 0.1) is 10.1 Å². The van der Waals surface area contributed by atoms with Crippen molar-refractivity contribution in [3.05, 3.63) is 85.1 Å². The quantitative estimate of drug-likeness (QED) is 0.529. The highest BCUT2D eigenvalue weighted by atomic mass is 79.9. The fourth-order valence-corrected chi connectivity index (χ4v) is 2.60. The number of nitrogens with zero attached hydrogens (tertiary/aromatic N) is 2. The van der Waals surface area contributed by atoms with Gasteiger partial charge < -0.3 is 4.57 Å². The van der Waals surface area contributed by atoms with Crippen molar-refractivity contribution in [1.29, 1.82) is 0 Å². The van der Waals surface area contributed by atoms with E-state index < -0.39 is 4.92 Å². The maximum Gasteiger partial charge on any atom is 0.270 e. The number of halogens is 1. The summed E-state index contributed by atoms with van der Waals surface area (Å²) in [6.07, 6.45) is 0. The van der Waals surface area contributed by atoms with Crippen molar-refractivity contribution in [1.82, 2.24) is 4.57 Å². The molecule has 1 heterocycles. The molecule has 0 N–H and O–H groups in total. The van der Waals surface area contributed by atoms with E-state index in [1.54, 1.807) is 16.7 Å². The largest absolute Gasteiger partial charge is 0.304 e. The molecule has 0 aliphatic heterocycles. The average molecular weight is 359 g/mol. The molecule has 0 saturated heterocycles. The van der Waals surface area contributed by atoms with Crippen LogP contribution in [0.25, 0.3) is 10.9 Å². The molecule has 110 valence electrons. The minimum absolute atomic E-state index is 0.0151. The van der Waals surface area contributed by atoms with Crippen molar-refractivity contribution < 1.29 is 4.92 Å². The highest BCUT2D eigenvalue weighted by molar-refractivity contribution is 9.10. The number of nitro groups is 1. The van der Waals surface area contributed by atoms with E-state index in [-0.39, 0.29) is 11.2 Å². The maximum atomic E-state index is 12.1. The Hall–Kier alpha value is -2.47. The number of hydrogen-bond donors (Lipinski definition) is 0. The molecule has 3 rings (SSSR count). The van der Waals surface area contributed by atoms with Crippen LogP contribution >= 0.6 is 15.9 Å². The van der Waals surface area contributed by atoms with E-state index >= 15 is 0 Å². The number of benzene rings is 2. The SMILES string of the molecule is O=c1ccc2cc([N+](=O)[O-])ccc2n1Cc1ccc(Br)cc1. The van der Waals surface area contributed by atoms with Crippen molar-refractivity contribution >= 4 is 32.5 Å². The number of aromatic nitrogens is 1. The van der Waals surface area contributed by atoms with Crippen LogP contribution in [0.4, 0.5) is 5.69 Å². The summed E-state index contributed by atoms with van der Waals surface area (Å²) in [7, 11) is 0. The fraction of sp³-hybridized carbons (Fsp3) is 0.0625. The van der Waals surface area contributed by atoms with E-state index in [9.17, 15) is 14.9 Å². The van der Waals surface area contributed by atoms with Crippen molar-refractivity contribution in [2.45, 2.75) is 6.54 Å². The Kier molecular flexibility index (Phi) is 3.77. The Bertz CT molecular complexity index is 917. The van der Waals surface area contributed by atoms with Gasteiger partial charge in [-0.2, -0.15) is 0 Å². The molecular weight excluding hydrogens is 348 g/mol. The van der Waals surface area contributed by atoms with Crippen LogP contribution < -0.4 is 5.56 Å². The van der Waals surface area contributed by atoms with Gasteiger partial charge in [0.05, 0.1) is 17.0 Å². The second-order valence-corrected chi connectivity index (χ2v) is 5.80. The lowest BCUT2D eigenvalue weighted by molar-refractivity contribution is -0.384. The van der Waals surface area contributed by atoms with Gasteiger partial charge in [0.1, 0.15) is 0 Å². The number of rotatable bonds is 3. The van der Waals surface area contributed by atoms with Crippen LogP contribution in [0.15, 0.2) is 63.9 Å². The third-order valence-corrected chi connectivity index (χ3v) is 3.97. The first-order valence-corrected chi connectivity index (χ1v) is 7.36. The summed E-state index contributed by atoms with van der Waals surface area (Å²) in [5.41, 5.74) is 1.54. The van der Waals surface area contributed by atoms with Crippen LogP contribution in [0.2, 0.25) is 0 Å². The molecule has 0 amide bonds. The highest BCUT2D eigenvalue weighted by Gasteiger charge is 2.09. The fourth-order valence-electron chi connectivity index (χ4n) is 2.34. The second-order valence-electron chi connectivity index (χ2n) is 4.88. The van der Waals surface area contributed by atoms with E-state index in [0.717, 1.165) is 10.0 Å². The molecule has 0 radical (unpaired) electrons. The minimum Gasteiger partial charge on any atom is -0.304 e. The number of nitro benzene ring substituents is 1. The third kappa shape index (κ3) is 2.78. The second kappa shape index (κ2) is 5.73. The van der Waals surface area contributed by atoms with Crippen LogP contribution in [0.1, 0.15) is 5.56 Å². The summed E-state index contributed by atoms with van der Waals surface area (Å²) in [5, 5.41) is 11.5. The molecule has 6 heteroatoms. The van der Waals surface area contributed by atoms with Crippen LogP contribution in [0.3, 0.4) is 0 Å². The lowest BCUT2D eigenvalue weighted by Gasteiger charge is -2.10. The zero-order valence-corrected chi connectivity index (χ0v) is 13.0. The van der Waals surface area contributed by atoms with E-state index in [4.69, 9.17) is 0 Å². The highest BCUT2D eigenvalue weighted by Crippen LogP contribution is 2.20. The molecule has 0 spiro atoms. The van der Waals surface area contributed by atoms with Gasteiger partial charge in [-0.3, -0.25) is 14.9 Å². The summed E-state index contributed by atoms with van der Waals surface area (Å²) in [6, 6.07) is 15.3. The van der Waals surface area contributed by atoms with E-state index in [0.29, 0.717) is 17.4 Å². The molecular formula is C16H11BrN2O3. The summed E-state index contributed by atoms with van der Waals surface area (Å²) >= 11 is 3.37. The van der Waals surface area contributed by atoms with E-state index in [1.165, 1.54) is 18.2 Å². The number of hydrogen-bond acceptors (Lipinski definition) is 3. The number of fused-ring (bicyclic) bond motifs is 1. The van der Waals surface area contributed by atoms with Gasteiger partial charge in [0, 0.05) is 28.1 Å². The first kappa shape index (κ1) is 14.5. The molecule has 0 unspecified atom stereocenters. The smallest absolute Gasteiger partial charge is 0.270 e. The van der Waals surface area contributed by atoms with Gasteiger partial charge in [-0.15, -0.1) is 0 Å². The van der Waals surface area contributed by atoms with Crippen LogP contribution in [-0.2, 0) is 6.54 Å². The van der Waals surface area contributed by atoms with Gasteiger partial charge in [-0.1, -0.05) is 28.1 Å². The summed E-state index contributed by atoms with van der Waals surface area (Å²) < 4.78 is 2.58. The Labute approximate surface area is 134 Å². The van der Waals surface area contributed by atoms with Gasteiger partial charge in [0.2, 0.25) is 0 Å². The van der Waals surface area contributed by atoms with Crippen LogP contribution in [0.5, 0.6) is 0 Å².